The van der Waals surface area contributed by atoms with Gasteiger partial charge in [-0.05, 0) is 31.7 Å². The first-order valence-corrected chi connectivity index (χ1v) is 6.81. The lowest BCUT2D eigenvalue weighted by atomic mass is 10.1. The van der Waals surface area contributed by atoms with Crippen LogP contribution in [0.3, 0.4) is 0 Å². The van der Waals surface area contributed by atoms with Gasteiger partial charge in [-0.1, -0.05) is 6.07 Å². The molecule has 0 bridgehead atoms. The van der Waals surface area contributed by atoms with Crippen LogP contribution >= 0.6 is 0 Å². The monoisotopic (exact) mass is 288 g/mol. The van der Waals surface area contributed by atoms with Crippen LogP contribution in [-0.4, -0.2) is 34.0 Å². The molecule has 1 aliphatic heterocycles. The molecule has 2 N–H and O–H groups in total. The third-order valence-electron chi connectivity index (χ3n) is 3.80. The number of carbonyl (C=O) groups excluding carboxylic acids is 1. The summed E-state index contributed by atoms with van der Waals surface area (Å²) in [4.78, 5) is 18.0. The summed E-state index contributed by atoms with van der Waals surface area (Å²) in [7, 11) is 1.97. The number of hydrogen-bond acceptors (Lipinski definition) is 3. The van der Waals surface area contributed by atoms with Crippen molar-refractivity contribution in [2.75, 3.05) is 13.6 Å². The molecular weight excluding hydrogens is 271 g/mol. The second-order valence-electron chi connectivity index (χ2n) is 5.47. The van der Waals surface area contributed by atoms with Crippen molar-refractivity contribution in [3.05, 3.63) is 41.0 Å². The number of aromatic nitrogens is 2. The second-order valence-corrected chi connectivity index (χ2v) is 5.47. The molecule has 6 heteroatoms. The van der Waals surface area contributed by atoms with Crippen molar-refractivity contribution < 1.29 is 9.18 Å². The fourth-order valence-corrected chi connectivity index (χ4v) is 2.70. The van der Waals surface area contributed by atoms with Gasteiger partial charge >= 0.3 is 0 Å². The van der Waals surface area contributed by atoms with Gasteiger partial charge in [0.25, 0.3) is 5.91 Å². The van der Waals surface area contributed by atoms with E-state index >= 15 is 0 Å². The van der Waals surface area contributed by atoms with Gasteiger partial charge in [0.15, 0.2) is 5.69 Å². The Labute approximate surface area is 122 Å². The predicted octanol–water partition coefficient (Wildman–Crippen LogP) is 1.54. The van der Waals surface area contributed by atoms with E-state index in [0.29, 0.717) is 24.5 Å². The molecule has 5 nitrogen and oxygen atoms in total. The van der Waals surface area contributed by atoms with Crippen LogP contribution in [0.4, 0.5) is 4.39 Å². The van der Waals surface area contributed by atoms with Gasteiger partial charge in [0.1, 0.15) is 11.6 Å². The molecule has 0 atom stereocenters. The maximum absolute atomic E-state index is 14.2. The Morgan fingerprint density at radius 3 is 2.81 bits per heavy atom. The minimum absolute atomic E-state index is 0.233. The van der Waals surface area contributed by atoms with Crippen molar-refractivity contribution in [1.82, 2.24) is 14.5 Å². The van der Waals surface area contributed by atoms with Crippen LogP contribution < -0.4 is 5.73 Å². The first-order valence-electron chi connectivity index (χ1n) is 6.81. The molecule has 0 aliphatic carbocycles. The molecule has 0 fully saturated rings. The van der Waals surface area contributed by atoms with Crippen molar-refractivity contribution in [2.45, 2.75) is 20.0 Å². The minimum atomic E-state index is -0.576. The molecule has 1 aromatic carbocycles. The second kappa shape index (κ2) is 4.96. The lowest BCUT2D eigenvalue weighted by molar-refractivity contribution is 0.0993. The number of rotatable bonds is 2. The Morgan fingerprint density at radius 2 is 2.14 bits per heavy atom. The van der Waals surface area contributed by atoms with Gasteiger partial charge in [-0.3, -0.25) is 9.69 Å². The van der Waals surface area contributed by atoms with Gasteiger partial charge < -0.3 is 10.3 Å². The summed E-state index contributed by atoms with van der Waals surface area (Å²) in [5.41, 5.74) is 7.64. The summed E-state index contributed by atoms with van der Waals surface area (Å²) in [6, 6.07) is 5.00. The smallest absolute Gasteiger partial charge is 0.269 e. The normalized spacial score (nSPS) is 15.0. The van der Waals surface area contributed by atoms with Crippen LogP contribution in [0, 0.1) is 12.7 Å². The highest BCUT2D eigenvalue weighted by Gasteiger charge is 2.26. The predicted molar refractivity (Wildman–Crippen MR) is 77.2 cm³/mol. The number of carbonyl (C=O) groups is 1. The van der Waals surface area contributed by atoms with Gasteiger partial charge in [-0.25, -0.2) is 9.37 Å². The average molecular weight is 288 g/mol. The zero-order chi connectivity index (χ0) is 15.1. The number of aryl methyl sites for hydroxylation is 1. The number of nitrogens with zero attached hydrogens (tertiary/aromatic N) is 3. The van der Waals surface area contributed by atoms with Crippen molar-refractivity contribution >= 4 is 5.91 Å². The third-order valence-corrected chi connectivity index (χ3v) is 3.80. The third kappa shape index (κ3) is 2.31. The minimum Gasteiger partial charge on any atom is -0.364 e. The standard InChI is InChI=1S/C15H17FN4O/c1-9-3-4-10(11(16)7-9)15-18-13(14(17)21)12-8-19(2)5-6-20(12)15/h3-4,7H,5-6,8H2,1-2H3,(H2,17,21). The summed E-state index contributed by atoms with van der Waals surface area (Å²) in [6.45, 7) is 3.90. The summed E-state index contributed by atoms with van der Waals surface area (Å²) >= 11 is 0. The van der Waals surface area contributed by atoms with Gasteiger partial charge in [-0.2, -0.15) is 0 Å². The molecule has 0 spiro atoms. The van der Waals surface area contributed by atoms with Crippen molar-refractivity contribution in [1.29, 1.82) is 0 Å². The number of primary amides is 1. The summed E-state index contributed by atoms with van der Waals surface area (Å²) in [5, 5.41) is 0. The quantitative estimate of drug-likeness (QED) is 0.911. The fourth-order valence-electron chi connectivity index (χ4n) is 2.70. The molecular formula is C15H17FN4O. The van der Waals surface area contributed by atoms with Gasteiger partial charge in [0.05, 0.1) is 11.3 Å². The summed E-state index contributed by atoms with van der Waals surface area (Å²) < 4.78 is 16.1. The number of likely N-dealkylation sites (N-methyl/N-ethyl adjacent to an activating group) is 1. The Bertz CT molecular complexity index is 723. The Balaban J connectivity index is 2.19. The molecule has 1 amide bonds. The van der Waals surface area contributed by atoms with E-state index in [9.17, 15) is 9.18 Å². The number of benzene rings is 1. The van der Waals surface area contributed by atoms with E-state index in [-0.39, 0.29) is 11.5 Å². The number of imidazole rings is 1. The topological polar surface area (TPSA) is 64.1 Å². The average Bonchev–Trinajstić information content (AvgIpc) is 2.77. The maximum Gasteiger partial charge on any atom is 0.269 e. The van der Waals surface area contributed by atoms with Crippen LogP contribution in [0.25, 0.3) is 11.4 Å². The van der Waals surface area contributed by atoms with Crippen LogP contribution in [0.1, 0.15) is 21.7 Å². The first-order chi connectivity index (χ1) is 9.97. The van der Waals surface area contributed by atoms with Crippen molar-refractivity contribution in [3.8, 4) is 11.4 Å². The van der Waals surface area contributed by atoms with Gasteiger partial charge in [-0.15, -0.1) is 0 Å². The van der Waals surface area contributed by atoms with Crippen LogP contribution in [-0.2, 0) is 13.1 Å². The molecule has 21 heavy (non-hydrogen) atoms. The first kappa shape index (κ1) is 13.8. The van der Waals surface area contributed by atoms with Gasteiger partial charge in [0, 0.05) is 19.6 Å². The SMILES string of the molecule is Cc1ccc(-c2nc(C(N)=O)c3n2CCN(C)C3)c(F)c1. The number of halogens is 1. The molecule has 1 aliphatic rings. The van der Waals surface area contributed by atoms with Crippen LogP contribution in [0.2, 0.25) is 0 Å². The molecule has 0 radical (unpaired) electrons. The zero-order valence-corrected chi connectivity index (χ0v) is 12.1. The van der Waals surface area contributed by atoms with E-state index in [1.54, 1.807) is 6.07 Å². The lowest BCUT2D eigenvalue weighted by Crippen LogP contribution is -2.31. The molecule has 0 unspecified atom stereocenters. The summed E-state index contributed by atoms with van der Waals surface area (Å²) in [6.07, 6.45) is 0. The maximum atomic E-state index is 14.2. The summed E-state index contributed by atoms with van der Waals surface area (Å²) in [5.74, 6) is -0.435. The lowest BCUT2D eigenvalue weighted by Gasteiger charge is -2.25. The number of amides is 1. The molecule has 110 valence electrons. The van der Waals surface area contributed by atoms with E-state index in [0.717, 1.165) is 17.8 Å². The zero-order valence-electron chi connectivity index (χ0n) is 12.1. The highest BCUT2D eigenvalue weighted by atomic mass is 19.1. The highest BCUT2D eigenvalue weighted by molar-refractivity contribution is 5.93. The largest absolute Gasteiger partial charge is 0.364 e. The van der Waals surface area contributed by atoms with E-state index in [4.69, 9.17) is 5.73 Å². The number of hydrogen-bond donors (Lipinski definition) is 1. The van der Waals surface area contributed by atoms with E-state index in [1.165, 1.54) is 6.07 Å². The number of nitrogens with two attached hydrogens (primary N) is 1. The van der Waals surface area contributed by atoms with E-state index in [2.05, 4.69) is 9.88 Å². The molecule has 1 aromatic heterocycles. The number of fused-ring (bicyclic) bond motifs is 1. The fraction of sp³-hybridized carbons (Fsp3) is 0.333. The Hall–Kier alpha value is -2.21. The Morgan fingerprint density at radius 1 is 1.38 bits per heavy atom. The van der Waals surface area contributed by atoms with Crippen LogP contribution in [0.15, 0.2) is 18.2 Å². The molecule has 2 heterocycles. The molecule has 2 aromatic rings. The molecule has 3 rings (SSSR count). The van der Waals surface area contributed by atoms with Gasteiger partial charge in [0.2, 0.25) is 0 Å². The molecule has 0 saturated heterocycles. The Kier molecular flexibility index (Phi) is 3.25. The highest BCUT2D eigenvalue weighted by Crippen LogP contribution is 2.28. The van der Waals surface area contributed by atoms with Crippen molar-refractivity contribution in [3.63, 3.8) is 0 Å². The van der Waals surface area contributed by atoms with E-state index in [1.807, 2.05) is 24.6 Å². The van der Waals surface area contributed by atoms with E-state index < -0.39 is 5.91 Å². The molecule has 0 saturated carbocycles. The van der Waals surface area contributed by atoms with Crippen molar-refractivity contribution in [2.24, 2.45) is 5.73 Å². The van der Waals surface area contributed by atoms with Crippen LogP contribution in [0.5, 0.6) is 0 Å².